The Morgan fingerprint density at radius 2 is 1.67 bits per heavy atom. The molecular formula is C20H25ClN2O3S. The molecule has 1 unspecified atom stereocenters. The maximum atomic E-state index is 11.6. The molecule has 3 rings (SSSR count). The van der Waals surface area contributed by atoms with Gasteiger partial charge in [-0.15, -0.1) is 0 Å². The molecule has 0 radical (unpaired) electrons. The van der Waals surface area contributed by atoms with Crippen molar-refractivity contribution in [1.29, 1.82) is 0 Å². The van der Waals surface area contributed by atoms with Crippen molar-refractivity contribution in [2.45, 2.75) is 17.9 Å². The van der Waals surface area contributed by atoms with Gasteiger partial charge in [-0.2, -0.15) is 0 Å². The van der Waals surface area contributed by atoms with Gasteiger partial charge in [0.05, 0.1) is 12.0 Å². The highest BCUT2D eigenvalue weighted by Gasteiger charge is 2.24. The normalized spacial score (nSPS) is 17.0. The predicted molar refractivity (Wildman–Crippen MR) is 110 cm³/mol. The molecule has 0 N–H and O–H groups in total. The Morgan fingerprint density at radius 3 is 2.22 bits per heavy atom. The Balaban J connectivity index is 1.67. The van der Waals surface area contributed by atoms with E-state index in [1.807, 2.05) is 30.3 Å². The van der Waals surface area contributed by atoms with E-state index in [2.05, 4.69) is 16.7 Å². The SMILES string of the molecule is COc1ccc(Cl)cc1C(C)N1CCN(c2ccc(S(C)(=O)=O)cc2)CC1. The molecule has 2 aromatic rings. The fraction of sp³-hybridized carbons (Fsp3) is 0.400. The number of methoxy groups -OCH3 is 1. The van der Waals surface area contributed by atoms with Crippen molar-refractivity contribution in [2.24, 2.45) is 0 Å². The van der Waals surface area contributed by atoms with E-state index in [0.717, 1.165) is 43.2 Å². The Morgan fingerprint density at radius 1 is 1.04 bits per heavy atom. The molecule has 1 aliphatic heterocycles. The van der Waals surface area contributed by atoms with Crippen LogP contribution in [0.25, 0.3) is 0 Å². The summed E-state index contributed by atoms with van der Waals surface area (Å²) in [5.41, 5.74) is 2.14. The lowest BCUT2D eigenvalue weighted by Crippen LogP contribution is -2.47. The number of hydrogen-bond acceptors (Lipinski definition) is 5. The third kappa shape index (κ3) is 4.57. The molecule has 2 aromatic carbocycles. The van der Waals surface area contributed by atoms with Crippen molar-refractivity contribution in [3.05, 3.63) is 53.1 Å². The van der Waals surface area contributed by atoms with E-state index in [1.54, 1.807) is 19.2 Å². The van der Waals surface area contributed by atoms with Gasteiger partial charge < -0.3 is 9.64 Å². The zero-order valence-corrected chi connectivity index (χ0v) is 17.4. The number of piperazine rings is 1. The second kappa shape index (κ2) is 8.09. The second-order valence-electron chi connectivity index (χ2n) is 6.85. The van der Waals surface area contributed by atoms with Crippen LogP contribution in [0.1, 0.15) is 18.5 Å². The van der Waals surface area contributed by atoms with Crippen LogP contribution in [-0.4, -0.2) is 52.9 Å². The first-order valence-corrected chi connectivity index (χ1v) is 11.2. The number of nitrogens with zero attached hydrogens (tertiary/aromatic N) is 2. The maximum absolute atomic E-state index is 11.6. The van der Waals surface area contributed by atoms with Crippen LogP contribution in [0, 0.1) is 0 Å². The molecule has 0 bridgehead atoms. The lowest BCUT2D eigenvalue weighted by Gasteiger charge is -2.39. The predicted octanol–water partition coefficient (Wildman–Crippen LogP) is 3.64. The average molecular weight is 409 g/mol. The molecule has 27 heavy (non-hydrogen) atoms. The maximum Gasteiger partial charge on any atom is 0.175 e. The molecule has 1 fully saturated rings. The van der Waals surface area contributed by atoms with Crippen LogP contribution < -0.4 is 9.64 Å². The van der Waals surface area contributed by atoms with E-state index in [-0.39, 0.29) is 6.04 Å². The number of halogens is 1. The number of benzene rings is 2. The molecule has 7 heteroatoms. The van der Waals surface area contributed by atoms with Crippen LogP contribution in [0.3, 0.4) is 0 Å². The van der Waals surface area contributed by atoms with E-state index in [4.69, 9.17) is 16.3 Å². The van der Waals surface area contributed by atoms with Gasteiger partial charge >= 0.3 is 0 Å². The topological polar surface area (TPSA) is 49.9 Å². The van der Waals surface area contributed by atoms with Gasteiger partial charge in [-0.1, -0.05) is 11.6 Å². The summed E-state index contributed by atoms with van der Waals surface area (Å²) in [6.07, 6.45) is 1.23. The zero-order valence-electron chi connectivity index (χ0n) is 15.9. The first-order chi connectivity index (χ1) is 12.8. The molecule has 1 aliphatic rings. The lowest BCUT2D eigenvalue weighted by atomic mass is 10.0. The van der Waals surface area contributed by atoms with E-state index in [0.29, 0.717) is 9.92 Å². The van der Waals surface area contributed by atoms with Crippen LogP contribution >= 0.6 is 11.6 Å². The minimum Gasteiger partial charge on any atom is -0.496 e. The third-order valence-electron chi connectivity index (χ3n) is 5.13. The molecular weight excluding hydrogens is 384 g/mol. The third-order valence-corrected chi connectivity index (χ3v) is 6.50. The van der Waals surface area contributed by atoms with Crippen LogP contribution in [0.2, 0.25) is 5.02 Å². The van der Waals surface area contributed by atoms with Crippen LogP contribution in [0.4, 0.5) is 5.69 Å². The van der Waals surface area contributed by atoms with Gasteiger partial charge in [0.25, 0.3) is 0 Å². The number of sulfone groups is 1. The summed E-state index contributed by atoms with van der Waals surface area (Å²) < 4.78 is 28.7. The summed E-state index contributed by atoms with van der Waals surface area (Å²) in [6, 6.07) is 13.1. The smallest absolute Gasteiger partial charge is 0.175 e. The quantitative estimate of drug-likeness (QED) is 0.756. The summed E-state index contributed by atoms with van der Waals surface area (Å²) in [6.45, 7) is 5.75. The molecule has 1 heterocycles. The van der Waals surface area contributed by atoms with Crippen LogP contribution in [0.15, 0.2) is 47.4 Å². The number of anilines is 1. The first-order valence-electron chi connectivity index (χ1n) is 8.92. The van der Waals surface area contributed by atoms with Crippen molar-refractivity contribution in [3.63, 3.8) is 0 Å². The summed E-state index contributed by atoms with van der Waals surface area (Å²) in [5, 5.41) is 0.710. The largest absolute Gasteiger partial charge is 0.496 e. The van der Waals surface area contributed by atoms with Crippen molar-refractivity contribution in [3.8, 4) is 5.75 Å². The lowest BCUT2D eigenvalue weighted by molar-refractivity contribution is 0.195. The summed E-state index contributed by atoms with van der Waals surface area (Å²) in [4.78, 5) is 5.05. The first kappa shape index (κ1) is 20.0. The van der Waals surface area contributed by atoms with E-state index < -0.39 is 9.84 Å². The number of hydrogen-bond donors (Lipinski definition) is 0. The number of ether oxygens (including phenoxy) is 1. The molecule has 0 amide bonds. The van der Waals surface area contributed by atoms with Gasteiger partial charge in [0, 0.05) is 54.8 Å². The van der Waals surface area contributed by atoms with Crippen molar-refractivity contribution >= 4 is 27.1 Å². The highest BCUT2D eigenvalue weighted by Crippen LogP contribution is 2.32. The number of rotatable bonds is 5. The summed E-state index contributed by atoms with van der Waals surface area (Å²) in [5.74, 6) is 0.852. The Labute approximate surface area is 166 Å². The molecule has 146 valence electrons. The second-order valence-corrected chi connectivity index (χ2v) is 9.30. The fourth-order valence-corrected chi connectivity index (χ4v) is 4.31. The van der Waals surface area contributed by atoms with E-state index >= 15 is 0 Å². The average Bonchev–Trinajstić information content (AvgIpc) is 2.67. The van der Waals surface area contributed by atoms with Gasteiger partial charge in [0.15, 0.2) is 9.84 Å². The van der Waals surface area contributed by atoms with E-state index in [9.17, 15) is 8.42 Å². The van der Waals surface area contributed by atoms with Crippen molar-refractivity contribution < 1.29 is 13.2 Å². The molecule has 0 saturated carbocycles. The van der Waals surface area contributed by atoms with Gasteiger partial charge in [-0.3, -0.25) is 4.90 Å². The monoisotopic (exact) mass is 408 g/mol. The minimum absolute atomic E-state index is 0.202. The van der Waals surface area contributed by atoms with Gasteiger partial charge in [0.1, 0.15) is 5.75 Å². The van der Waals surface area contributed by atoms with Crippen molar-refractivity contribution in [2.75, 3.05) is 44.4 Å². The Bertz CT molecular complexity index is 892. The standard InChI is InChI=1S/C20H25ClN2O3S/c1-15(19-14-16(21)4-9-20(19)26-2)22-10-12-23(13-11-22)17-5-7-18(8-6-17)27(3,24)25/h4-9,14-15H,10-13H2,1-3H3. The summed E-state index contributed by atoms with van der Waals surface area (Å²) in [7, 11) is -1.48. The molecule has 0 aliphatic carbocycles. The van der Waals surface area contributed by atoms with Gasteiger partial charge in [-0.25, -0.2) is 8.42 Å². The highest BCUT2D eigenvalue weighted by atomic mass is 35.5. The van der Waals surface area contributed by atoms with Gasteiger partial charge in [0.2, 0.25) is 0 Å². The molecule has 5 nitrogen and oxygen atoms in total. The zero-order chi connectivity index (χ0) is 19.6. The summed E-state index contributed by atoms with van der Waals surface area (Å²) >= 11 is 6.18. The van der Waals surface area contributed by atoms with E-state index in [1.165, 1.54) is 6.26 Å². The van der Waals surface area contributed by atoms with Gasteiger partial charge in [-0.05, 0) is 49.4 Å². The van der Waals surface area contributed by atoms with Crippen LogP contribution in [0.5, 0.6) is 5.75 Å². The van der Waals surface area contributed by atoms with Crippen molar-refractivity contribution in [1.82, 2.24) is 4.90 Å². The molecule has 0 aromatic heterocycles. The fourth-order valence-electron chi connectivity index (χ4n) is 3.50. The Hall–Kier alpha value is -1.76. The minimum atomic E-state index is -3.16. The highest BCUT2D eigenvalue weighted by molar-refractivity contribution is 7.90. The Kier molecular flexibility index (Phi) is 5.99. The molecule has 0 spiro atoms. The molecule has 1 atom stereocenters. The molecule has 1 saturated heterocycles. The van der Waals surface area contributed by atoms with Crippen LogP contribution in [-0.2, 0) is 9.84 Å².